The van der Waals surface area contributed by atoms with Gasteiger partial charge in [0.25, 0.3) is 0 Å². The molecule has 0 bridgehead atoms. The van der Waals surface area contributed by atoms with E-state index in [1.165, 1.54) is 0 Å². The van der Waals surface area contributed by atoms with E-state index in [0.717, 1.165) is 11.5 Å². The summed E-state index contributed by atoms with van der Waals surface area (Å²) in [6, 6.07) is 0. The van der Waals surface area contributed by atoms with Gasteiger partial charge in [-0.05, 0) is 0 Å². The van der Waals surface area contributed by atoms with Gasteiger partial charge in [-0.1, -0.05) is 49.3 Å². The molecule has 6 heteroatoms. The molecule has 4 nitrogen and oxygen atoms in total. The maximum atomic E-state index is 12.1. The second kappa shape index (κ2) is 11.5. The molecule has 0 aliphatic rings. The summed E-state index contributed by atoms with van der Waals surface area (Å²) in [5.74, 6) is 2.17. The van der Waals surface area contributed by atoms with Gasteiger partial charge in [-0.25, -0.2) is 0 Å². The zero-order valence-electron chi connectivity index (χ0n) is 13.1. The molecule has 0 aliphatic carbocycles. The average Bonchev–Trinajstić information content (AvgIpc) is 2.40. The summed E-state index contributed by atoms with van der Waals surface area (Å²) in [5, 5.41) is 0. The number of carbonyl (C=O) groups excluding carboxylic acids is 2. The molecular weight excluding hydrogens is 292 g/mol. The number of hydrogen-bond donors (Lipinski definition) is 1. The fourth-order valence-corrected chi connectivity index (χ4v) is 3.39. The number of hydrogen-bond acceptors (Lipinski definition) is 5. The van der Waals surface area contributed by atoms with Gasteiger partial charge in [-0.2, -0.15) is 0 Å². The van der Waals surface area contributed by atoms with Crippen LogP contribution in [0.15, 0.2) is 0 Å². The monoisotopic (exact) mass is 320 g/mol. The van der Waals surface area contributed by atoms with Crippen LogP contribution in [0.25, 0.3) is 0 Å². The minimum absolute atomic E-state index is 0.0224. The standard InChI is InChI=1S/C14H28N2O2S2/c1-11(2)13(17)5-7-16(14(18)12(3)4)8-10-20-19-9-6-15/h11-12H,5-10,15H2,1-4H3. The van der Waals surface area contributed by atoms with Crippen molar-refractivity contribution in [3.8, 4) is 0 Å². The average molecular weight is 321 g/mol. The highest BCUT2D eigenvalue weighted by Crippen LogP contribution is 2.20. The first-order chi connectivity index (χ1) is 9.40. The van der Waals surface area contributed by atoms with E-state index in [9.17, 15) is 9.59 Å². The lowest BCUT2D eigenvalue weighted by atomic mass is 10.1. The van der Waals surface area contributed by atoms with Crippen LogP contribution in [0.2, 0.25) is 0 Å². The molecule has 0 spiro atoms. The van der Waals surface area contributed by atoms with Gasteiger partial charge in [0.2, 0.25) is 5.91 Å². The first kappa shape index (κ1) is 19.8. The lowest BCUT2D eigenvalue weighted by Gasteiger charge is -2.24. The molecule has 0 aromatic carbocycles. The summed E-state index contributed by atoms with van der Waals surface area (Å²) >= 11 is 0. The van der Waals surface area contributed by atoms with Crippen molar-refractivity contribution in [3.63, 3.8) is 0 Å². The first-order valence-corrected chi connectivity index (χ1v) is 9.64. The van der Waals surface area contributed by atoms with Crippen LogP contribution in [-0.2, 0) is 9.59 Å². The molecule has 0 fully saturated rings. The minimum atomic E-state index is -0.0224. The third-order valence-corrected chi connectivity index (χ3v) is 5.22. The largest absolute Gasteiger partial charge is 0.341 e. The Hall–Kier alpha value is -0.200. The SMILES string of the molecule is CC(C)C(=O)CCN(CCSSCCN)C(=O)C(C)C. The Bertz CT molecular complexity index is 297. The zero-order valence-corrected chi connectivity index (χ0v) is 14.7. The van der Waals surface area contributed by atoms with E-state index in [1.807, 2.05) is 32.6 Å². The highest BCUT2D eigenvalue weighted by atomic mass is 33.1. The number of Topliss-reactive ketones (excluding diaryl/α,β-unsaturated/α-hetero) is 1. The molecule has 20 heavy (non-hydrogen) atoms. The second-order valence-electron chi connectivity index (χ2n) is 5.28. The van der Waals surface area contributed by atoms with Gasteiger partial charge in [0.1, 0.15) is 5.78 Å². The van der Waals surface area contributed by atoms with Crippen LogP contribution in [-0.4, -0.2) is 47.7 Å². The fraction of sp³-hybridized carbons (Fsp3) is 0.857. The molecule has 2 N–H and O–H groups in total. The molecule has 0 aromatic rings. The summed E-state index contributed by atoms with van der Waals surface area (Å²) < 4.78 is 0. The molecule has 0 saturated carbocycles. The van der Waals surface area contributed by atoms with Crippen molar-refractivity contribution in [1.29, 1.82) is 0 Å². The molecule has 0 aliphatic heterocycles. The number of nitrogens with two attached hydrogens (primary N) is 1. The lowest BCUT2D eigenvalue weighted by molar-refractivity contribution is -0.134. The summed E-state index contributed by atoms with van der Waals surface area (Å²) in [5.41, 5.74) is 5.43. The van der Waals surface area contributed by atoms with Crippen molar-refractivity contribution in [1.82, 2.24) is 4.90 Å². The van der Waals surface area contributed by atoms with E-state index in [2.05, 4.69) is 0 Å². The quantitative estimate of drug-likeness (QED) is 0.468. The fourth-order valence-electron chi connectivity index (χ4n) is 1.54. The van der Waals surface area contributed by atoms with Gasteiger partial charge >= 0.3 is 0 Å². The van der Waals surface area contributed by atoms with Gasteiger partial charge in [-0.15, -0.1) is 0 Å². The second-order valence-corrected chi connectivity index (χ2v) is 7.99. The van der Waals surface area contributed by atoms with Crippen molar-refractivity contribution in [2.24, 2.45) is 17.6 Å². The third-order valence-electron chi connectivity index (χ3n) is 2.81. The van der Waals surface area contributed by atoms with Gasteiger partial charge in [0.05, 0.1) is 0 Å². The van der Waals surface area contributed by atoms with Crippen LogP contribution in [0.4, 0.5) is 0 Å². The van der Waals surface area contributed by atoms with Crippen LogP contribution < -0.4 is 5.73 Å². The molecule has 0 aromatic heterocycles. The van der Waals surface area contributed by atoms with Crippen molar-refractivity contribution >= 4 is 33.3 Å². The van der Waals surface area contributed by atoms with Crippen LogP contribution >= 0.6 is 21.6 Å². The topological polar surface area (TPSA) is 63.4 Å². The molecule has 118 valence electrons. The number of carbonyl (C=O) groups is 2. The Morgan fingerprint density at radius 3 is 2.10 bits per heavy atom. The predicted molar refractivity (Wildman–Crippen MR) is 89.9 cm³/mol. The number of ketones is 1. The summed E-state index contributed by atoms with van der Waals surface area (Å²) in [6.45, 7) is 9.51. The lowest BCUT2D eigenvalue weighted by Crippen LogP contribution is -2.37. The van der Waals surface area contributed by atoms with E-state index in [0.29, 0.717) is 26.1 Å². The van der Waals surface area contributed by atoms with Crippen molar-refractivity contribution in [2.45, 2.75) is 34.1 Å². The Labute approximate surface area is 131 Å². The van der Waals surface area contributed by atoms with Gasteiger partial charge in [-0.3, -0.25) is 9.59 Å². The minimum Gasteiger partial charge on any atom is -0.341 e. The van der Waals surface area contributed by atoms with E-state index < -0.39 is 0 Å². The number of amides is 1. The van der Waals surface area contributed by atoms with Crippen molar-refractivity contribution in [2.75, 3.05) is 31.1 Å². The normalized spacial score (nSPS) is 11.2. The smallest absolute Gasteiger partial charge is 0.225 e. The number of rotatable bonds is 11. The van der Waals surface area contributed by atoms with E-state index in [-0.39, 0.29) is 23.5 Å². The molecule has 1 amide bonds. The van der Waals surface area contributed by atoms with Crippen LogP contribution in [0.1, 0.15) is 34.1 Å². The number of nitrogens with zero attached hydrogens (tertiary/aromatic N) is 1. The predicted octanol–water partition coefficient (Wildman–Crippen LogP) is 2.43. The summed E-state index contributed by atoms with van der Waals surface area (Å²) in [4.78, 5) is 25.6. The molecule has 0 saturated heterocycles. The van der Waals surface area contributed by atoms with Crippen molar-refractivity contribution < 1.29 is 9.59 Å². The molecule has 0 unspecified atom stereocenters. The maximum absolute atomic E-state index is 12.1. The summed E-state index contributed by atoms with van der Waals surface area (Å²) in [7, 11) is 3.47. The van der Waals surface area contributed by atoms with Crippen LogP contribution in [0.5, 0.6) is 0 Å². The van der Waals surface area contributed by atoms with Crippen molar-refractivity contribution in [3.05, 3.63) is 0 Å². The first-order valence-electron chi connectivity index (χ1n) is 7.16. The Kier molecular flexibility index (Phi) is 11.3. The summed E-state index contributed by atoms with van der Waals surface area (Å²) in [6.07, 6.45) is 0.455. The van der Waals surface area contributed by atoms with E-state index in [4.69, 9.17) is 5.73 Å². The molecule has 0 radical (unpaired) electrons. The zero-order chi connectivity index (χ0) is 15.5. The Morgan fingerprint density at radius 1 is 1.00 bits per heavy atom. The highest BCUT2D eigenvalue weighted by Gasteiger charge is 2.18. The van der Waals surface area contributed by atoms with Gasteiger partial charge < -0.3 is 10.6 Å². The molecule has 0 heterocycles. The molecular formula is C14H28N2O2S2. The Morgan fingerprint density at radius 2 is 1.60 bits per heavy atom. The maximum Gasteiger partial charge on any atom is 0.225 e. The van der Waals surface area contributed by atoms with Crippen LogP contribution in [0, 0.1) is 11.8 Å². The van der Waals surface area contributed by atoms with E-state index >= 15 is 0 Å². The third kappa shape index (κ3) is 8.87. The Balaban J connectivity index is 4.21. The molecule has 0 atom stereocenters. The van der Waals surface area contributed by atoms with Crippen LogP contribution in [0.3, 0.4) is 0 Å². The van der Waals surface area contributed by atoms with E-state index in [1.54, 1.807) is 21.6 Å². The van der Waals surface area contributed by atoms with Gasteiger partial charge in [0.15, 0.2) is 0 Å². The molecule has 0 rings (SSSR count). The van der Waals surface area contributed by atoms with Gasteiger partial charge in [0, 0.05) is 49.4 Å². The highest BCUT2D eigenvalue weighted by molar-refractivity contribution is 8.76.